The van der Waals surface area contributed by atoms with Crippen molar-refractivity contribution in [2.24, 2.45) is 0 Å². The summed E-state index contributed by atoms with van der Waals surface area (Å²) in [6.45, 7) is 2.86. The molecule has 84 valence electrons. The molecular formula is C10H12N4O2. The van der Waals surface area contributed by atoms with Gasteiger partial charge in [-0.1, -0.05) is 12.2 Å². The summed E-state index contributed by atoms with van der Waals surface area (Å²) in [7, 11) is 0. The zero-order valence-electron chi connectivity index (χ0n) is 9.17. The summed E-state index contributed by atoms with van der Waals surface area (Å²) < 4.78 is 0. The van der Waals surface area contributed by atoms with Gasteiger partial charge in [0, 0.05) is 13.8 Å². The maximum absolute atomic E-state index is 10.8. The Bertz CT molecular complexity index is 339. The third-order valence-electron chi connectivity index (χ3n) is 1.74. The van der Waals surface area contributed by atoms with Gasteiger partial charge in [0.2, 0.25) is 11.8 Å². The highest BCUT2D eigenvalue weighted by Gasteiger charge is 2.05. The molecule has 0 bridgehead atoms. The Kier molecular flexibility index (Phi) is 5.99. The van der Waals surface area contributed by atoms with Crippen molar-refractivity contribution in [1.82, 2.24) is 9.80 Å². The molecule has 0 aromatic rings. The quantitative estimate of drug-likeness (QED) is 0.384. The van der Waals surface area contributed by atoms with Crippen LogP contribution in [0.15, 0.2) is 12.2 Å². The Balaban J connectivity index is 4.14. The fourth-order valence-electron chi connectivity index (χ4n) is 0.839. The van der Waals surface area contributed by atoms with Gasteiger partial charge in [0.1, 0.15) is 0 Å². The van der Waals surface area contributed by atoms with Gasteiger partial charge in [-0.3, -0.25) is 9.59 Å². The predicted octanol–water partition coefficient (Wildman–Crippen LogP) is 0.202. The number of carbonyl (C=O) groups excluding carboxylic acids is 2. The van der Waals surface area contributed by atoms with Crippen LogP contribution >= 0.6 is 0 Å². The highest BCUT2D eigenvalue weighted by Crippen LogP contribution is 1.90. The maximum atomic E-state index is 10.8. The molecule has 0 aliphatic heterocycles. The smallest absolute Gasteiger partial charge is 0.232 e. The first kappa shape index (κ1) is 13.7. The molecule has 0 heterocycles. The third-order valence-corrected chi connectivity index (χ3v) is 1.74. The Morgan fingerprint density at radius 1 is 1.00 bits per heavy atom. The van der Waals surface area contributed by atoms with E-state index in [1.165, 1.54) is 13.8 Å². The lowest BCUT2D eigenvalue weighted by atomic mass is 10.4. The van der Waals surface area contributed by atoms with Crippen LogP contribution in [0.1, 0.15) is 13.8 Å². The standard InChI is InChI=1S/C10H12N4O2/c1-9(15)13(7-11)5-3-4-6-14(8-12)10(2)16/h3-4H,5-6H2,1-2H3. The van der Waals surface area contributed by atoms with Gasteiger partial charge < -0.3 is 0 Å². The fourth-order valence-corrected chi connectivity index (χ4v) is 0.839. The summed E-state index contributed by atoms with van der Waals surface area (Å²) >= 11 is 0. The average molecular weight is 220 g/mol. The number of rotatable bonds is 4. The third kappa shape index (κ3) is 4.77. The average Bonchev–Trinajstić information content (AvgIpc) is 2.22. The number of amides is 2. The van der Waals surface area contributed by atoms with E-state index in [0.717, 1.165) is 9.80 Å². The van der Waals surface area contributed by atoms with Crippen molar-refractivity contribution in [2.75, 3.05) is 13.1 Å². The van der Waals surface area contributed by atoms with E-state index in [9.17, 15) is 9.59 Å². The molecule has 0 aliphatic carbocycles. The number of carbonyl (C=O) groups is 2. The Hall–Kier alpha value is -2.34. The molecule has 0 unspecified atom stereocenters. The van der Waals surface area contributed by atoms with Crippen molar-refractivity contribution in [3.05, 3.63) is 12.2 Å². The molecule has 0 spiro atoms. The van der Waals surface area contributed by atoms with Crippen molar-refractivity contribution >= 4 is 11.8 Å². The predicted molar refractivity (Wildman–Crippen MR) is 55.1 cm³/mol. The molecule has 0 rings (SSSR count). The fraction of sp³-hybridized carbons (Fsp3) is 0.400. The molecule has 0 saturated carbocycles. The molecular weight excluding hydrogens is 208 g/mol. The monoisotopic (exact) mass is 220 g/mol. The molecule has 0 aromatic heterocycles. The minimum Gasteiger partial charge on any atom is -0.274 e. The number of nitriles is 2. The van der Waals surface area contributed by atoms with Gasteiger partial charge in [0.05, 0.1) is 13.1 Å². The minimum absolute atomic E-state index is 0.142. The Morgan fingerprint density at radius 3 is 1.50 bits per heavy atom. The van der Waals surface area contributed by atoms with Gasteiger partial charge >= 0.3 is 0 Å². The van der Waals surface area contributed by atoms with Crippen molar-refractivity contribution in [2.45, 2.75) is 13.8 Å². The molecule has 0 atom stereocenters. The van der Waals surface area contributed by atoms with Crippen LogP contribution in [0.2, 0.25) is 0 Å². The second-order valence-corrected chi connectivity index (χ2v) is 2.93. The SMILES string of the molecule is CC(=O)N(C#N)CC=CCN(C#N)C(C)=O. The van der Waals surface area contributed by atoms with E-state index in [-0.39, 0.29) is 24.9 Å². The van der Waals surface area contributed by atoms with Crippen molar-refractivity contribution in [1.29, 1.82) is 10.5 Å². The second-order valence-electron chi connectivity index (χ2n) is 2.93. The minimum atomic E-state index is -0.351. The molecule has 0 radical (unpaired) electrons. The number of nitrogens with zero attached hydrogens (tertiary/aromatic N) is 4. The lowest BCUT2D eigenvalue weighted by Crippen LogP contribution is -2.25. The number of hydrogen-bond acceptors (Lipinski definition) is 4. The van der Waals surface area contributed by atoms with Crippen LogP contribution in [0, 0.1) is 22.9 Å². The lowest BCUT2D eigenvalue weighted by molar-refractivity contribution is -0.126. The van der Waals surface area contributed by atoms with E-state index in [4.69, 9.17) is 10.5 Å². The summed E-state index contributed by atoms with van der Waals surface area (Å²) in [6, 6.07) is 0. The van der Waals surface area contributed by atoms with Crippen LogP contribution in [0.4, 0.5) is 0 Å². The van der Waals surface area contributed by atoms with Crippen LogP contribution in [0.5, 0.6) is 0 Å². The summed E-state index contributed by atoms with van der Waals surface area (Å²) in [5, 5.41) is 17.1. The van der Waals surface area contributed by atoms with E-state index in [1.54, 1.807) is 24.5 Å². The van der Waals surface area contributed by atoms with Crippen LogP contribution in [0.25, 0.3) is 0 Å². The molecule has 6 heteroatoms. The van der Waals surface area contributed by atoms with Gasteiger partial charge in [0.25, 0.3) is 0 Å². The molecule has 0 fully saturated rings. The van der Waals surface area contributed by atoms with Crippen molar-refractivity contribution < 1.29 is 9.59 Å². The number of hydrogen-bond donors (Lipinski definition) is 0. The molecule has 2 amide bonds. The zero-order valence-corrected chi connectivity index (χ0v) is 9.17. The lowest BCUT2D eigenvalue weighted by Gasteiger charge is -2.08. The first-order valence-corrected chi connectivity index (χ1v) is 4.53. The molecule has 0 saturated heterocycles. The summed E-state index contributed by atoms with van der Waals surface area (Å²) in [5.74, 6) is -0.702. The Labute approximate surface area is 94.0 Å². The maximum Gasteiger partial charge on any atom is 0.232 e. The molecule has 0 aliphatic rings. The van der Waals surface area contributed by atoms with Gasteiger partial charge in [-0.2, -0.15) is 10.5 Å². The van der Waals surface area contributed by atoms with E-state index >= 15 is 0 Å². The van der Waals surface area contributed by atoms with E-state index < -0.39 is 0 Å². The van der Waals surface area contributed by atoms with E-state index in [0.29, 0.717) is 0 Å². The topological polar surface area (TPSA) is 88.2 Å². The molecule has 6 nitrogen and oxygen atoms in total. The first-order valence-electron chi connectivity index (χ1n) is 4.53. The first-order chi connectivity index (χ1) is 7.52. The van der Waals surface area contributed by atoms with Crippen molar-refractivity contribution in [3.8, 4) is 12.4 Å². The van der Waals surface area contributed by atoms with Crippen LogP contribution in [-0.4, -0.2) is 34.7 Å². The van der Waals surface area contributed by atoms with Gasteiger partial charge in [-0.05, 0) is 0 Å². The second kappa shape index (κ2) is 7.02. The van der Waals surface area contributed by atoms with E-state index in [2.05, 4.69) is 0 Å². The van der Waals surface area contributed by atoms with Crippen molar-refractivity contribution in [3.63, 3.8) is 0 Å². The molecule has 0 N–H and O–H groups in total. The van der Waals surface area contributed by atoms with Gasteiger partial charge in [-0.15, -0.1) is 0 Å². The highest BCUT2D eigenvalue weighted by atomic mass is 16.2. The summed E-state index contributed by atoms with van der Waals surface area (Å²) in [5.41, 5.74) is 0. The van der Waals surface area contributed by atoms with Crippen LogP contribution in [0.3, 0.4) is 0 Å². The molecule has 0 aromatic carbocycles. The normalized spacial score (nSPS) is 9.25. The largest absolute Gasteiger partial charge is 0.274 e. The zero-order chi connectivity index (χ0) is 12.6. The van der Waals surface area contributed by atoms with E-state index in [1.807, 2.05) is 0 Å². The van der Waals surface area contributed by atoms with Crippen LogP contribution in [-0.2, 0) is 9.59 Å². The highest BCUT2D eigenvalue weighted by molar-refractivity contribution is 5.75. The summed E-state index contributed by atoms with van der Waals surface area (Å²) in [6.07, 6.45) is 6.53. The van der Waals surface area contributed by atoms with Gasteiger partial charge in [-0.25, -0.2) is 9.80 Å². The molecule has 16 heavy (non-hydrogen) atoms. The van der Waals surface area contributed by atoms with Gasteiger partial charge in [0.15, 0.2) is 12.4 Å². The summed E-state index contributed by atoms with van der Waals surface area (Å²) in [4.78, 5) is 23.6. The van der Waals surface area contributed by atoms with Crippen LogP contribution < -0.4 is 0 Å². The Morgan fingerprint density at radius 2 is 1.31 bits per heavy atom.